The molecule has 0 radical (unpaired) electrons. The maximum absolute atomic E-state index is 15.1. The Morgan fingerprint density at radius 2 is 1.70 bits per heavy atom. The number of rotatable bonds is 5. The van der Waals surface area contributed by atoms with Gasteiger partial charge in [0.2, 0.25) is 0 Å². The normalized spacial score (nSPS) is 14.1. The molecule has 4 rings (SSSR count). The molecule has 0 N–H and O–H groups in total. The van der Waals surface area contributed by atoms with E-state index in [1.807, 2.05) is 6.07 Å². The van der Waals surface area contributed by atoms with Gasteiger partial charge >= 0.3 is 0 Å². The zero-order chi connectivity index (χ0) is 23.8. The first-order valence-electron chi connectivity index (χ1n) is 10.1. The lowest BCUT2D eigenvalue weighted by Gasteiger charge is -2.25. The lowest BCUT2D eigenvalue weighted by Crippen LogP contribution is -2.18. The topological polar surface area (TPSA) is 93.5 Å². The first-order chi connectivity index (χ1) is 15.7. The van der Waals surface area contributed by atoms with Crippen LogP contribution in [0.4, 0.5) is 4.39 Å². The molecule has 6 nitrogen and oxygen atoms in total. The van der Waals surface area contributed by atoms with Crippen molar-refractivity contribution in [1.29, 1.82) is 5.26 Å². The fourth-order valence-electron chi connectivity index (χ4n) is 3.73. The molecule has 3 aromatic rings. The van der Waals surface area contributed by atoms with Gasteiger partial charge in [-0.2, -0.15) is 5.26 Å². The summed E-state index contributed by atoms with van der Waals surface area (Å²) in [6, 6.07) is 15.9. The molecule has 0 amide bonds. The van der Waals surface area contributed by atoms with Crippen molar-refractivity contribution in [1.82, 2.24) is 0 Å². The maximum Gasteiger partial charge on any atom is 0.175 e. The molecule has 0 saturated carbocycles. The fourth-order valence-corrected chi connectivity index (χ4v) is 4.36. The number of benzene rings is 3. The van der Waals surface area contributed by atoms with Crippen molar-refractivity contribution in [3.05, 3.63) is 88.2 Å². The lowest BCUT2D eigenvalue weighted by molar-refractivity contribution is 0.0931. The van der Waals surface area contributed by atoms with E-state index in [9.17, 15) is 13.2 Å². The molecule has 0 aliphatic carbocycles. The minimum atomic E-state index is -3.39. The van der Waals surface area contributed by atoms with Crippen molar-refractivity contribution in [3.63, 3.8) is 0 Å². The molecule has 8 heteroatoms. The van der Waals surface area contributed by atoms with E-state index in [1.165, 1.54) is 12.1 Å². The number of nitriles is 1. The van der Waals surface area contributed by atoms with E-state index in [2.05, 4.69) is 0 Å². The molecule has 0 spiro atoms. The Hall–Kier alpha value is -3.70. The summed E-state index contributed by atoms with van der Waals surface area (Å²) < 4.78 is 50.6. The molecule has 0 aromatic heterocycles. The number of sulfone groups is 1. The molecular formula is C25H20FNO5S. The molecule has 1 atom stereocenters. The van der Waals surface area contributed by atoms with E-state index >= 15 is 4.39 Å². The maximum atomic E-state index is 15.1. The summed E-state index contributed by atoms with van der Waals surface area (Å²) in [5.74, 6) is -0.653. The van der Waals surface area contributed by atoms with Crippen molar-refractivity contribution in [2.24, 2.45) is 0 Å². The fraction of sp³-hybridized carbons (Fsp3) is 0.200. The van der Waals surface area contributed by atoms with Crippen LogP contribution in [0.3, 0.4) is 0 Å². The smallest absolute Gasteiger partial charge is 0.175 e. The Labute approximate surface area is 191 Å². The van der Waals surface area contributed by atoms with Gasteiger partial charge in [-0.15, -0.1) is 0 Å². The number of Topliss-reactive ketones (excluding diaryl/α,β-unsaturated/α-hetero) is 1. The molecule has 0 saturated heterocycles. The highest BCUT2D eigenvalue weighted by atomic mass is 32.2. The lowest BCUT2D eigenvalue weighted by atomic mass is 9.98. The summed E-state index contributed by atoms with van der Waals surface area (Å²) in [4.78, 5) is 12.3. The van der Waals surface area contributed by atoms with Crippen LogP contribution in [-0.2, 0) is 9.84 Å². The summed E-state index contributed by atoms with van der Waals surface area (Å²) in [5.41, 5.74) is 2.23. The van der Waals surface area contributed by atoms with Gasteiger partial charge in [0.1, 0.15) is 11.9 Å². The zero-order valence-corrected chi connectivity index (χ0v) is 18.8. The van der Waals surface area contributed by atoms with Crippen LogP contribution >= 0.6 is 0 Å². The molecule has 3 aromatic carbocycles. The van der Waals surface area contributed by atoms with Crippen molar-refractivity contribution in [2.75, 3.05) is 12.9 Å². The Balaban J connectivity index is 1.81. The number of ether oxygens (including phenoxy) is 2. The first-order valence-corrected chi connectivity index (χ1v) is 12.0. The minimum Gasteiger partial charge on any atom is -0.492 e. The summed E-state index contributed by atoms with van der Waals surface area (Å²) in [7, 11) is -3.39. The van der Waals surface area contributed by atoms with E-state index < -0.39 is 21.8 Å². The average molecular weight is 466 g/mol. The number of halogens is 1. The van der Waals surface area contributed by atoms with Crippen molar-refractivity contribution >= 4 is 15.6 Å². The number of nitrogens with zero attached hydrogens (tertiary/aromatic N) is 1. The van der Waals surface area contributed by atoms with Crippen LogP contribution < -0.4 is 9.47 Å². The first kappa shape index (κ1) is 22.5. The van der Waals surface area contributed by atoms with E-state index in [0.29, 0.717) is 28.0 Å². The van der Waals surface area contributed by atoms with Gasteiger partial charge in [-0.3, -0.25) is 4.79 Å². The van der Waals surface area contributed by atoms with Gasteiger partial charge in [-0.25, -0.2) is 12.8 Å². The predicted molar refractivity (Wildman–Crippen MR) is 119 cm³/mol. The molecule has 0 unspecified atom stereocenters. The van der Waals surface area contributed by atoms with E-state index in [0.717, 1.165) is 12.3 Å². The van der Waals surface area contributed by atoms with E-state index in [1.54, 1.807) is 43.3 Å². The monoisotopic (exact) mass is 465 g/mol. The molecule has 1 heterocycles. The number of carbonyl (C=O) groups is 1. The molecule has 1 aliphatic heterocycles. The molecule has 1 aliphatic rings. The highest BCUT2D eigenvalue weighted by Gasteiger charge is 2.28. The average Bonchev–Trinajstić information content (AvgIpc) is 2.80. The number of ketones is 1. The molecule has 33 heavy (non-hydrogen) atoms. The Kier molecular flexibility index (Phi) is 5.91. The Morgan fingerprint density at radius 1 is 1.09 bits per heavy atom. The van der Waals surface area contributed by atoms with Crippen molar-refractivity contribution in [3.8, 4) is 17.6 Å². The summed E-state index contributed by atoms with van der Waals surface area (Å²) >= 11 is 0. The summed E-state index contributed by atoms with van der Waals surface area (Å²) in [6.45, 7) is 1.84. The molecule has 0 bridgehead atoms. The Bertz CT molecular complexity index is 1370. The molecular weight excluding hydrogens is 445 g/mol. The summed E-state index contributed by atoms with van der Waals surface area (Å²) in [6.07, 6.45) is 0.494. The van der Waals surface area contributed by atoms with Crippen LogP contribution in [0.2, 0.25) is 0 Å². The van der Waals surface area contributed by atoms with Gasteiger partial charge in [0.15, 0.2) is 27.2 Å². The van der Waals surface area contributed by atoms with E-state index in [-0.39, 0.29) is 35.0 Å². The molecule has 168 valence electrons. The minimum absolute atomic E-state index is 0.0648. The number of carbonyl (C=O) groups excluding carboxylic acids is 1. The van der Waals surface area contributed by atoms with Crippen LogP contribution in [0.1, 0.15) is 45.1 Å². The van der Waals surface area contributed by atoms with Gasteiger partial charge in [0.05, 0.1) is 28.7 Å². The predicted octanol–water partition coefficient (Wildman–Crippen LogP) is 4.54. The molecule has 0 fully saturated rings. The van der Waals surface area contributed by atoms with Crippen LogP contribution in [-0.4, -0.2) is 27.1 Å². The van der Waals surface area contributed by atoms with Gasteiger partial charge in [-0.05, 0) is 48.4 Å². The van der Waals surface area contributed by atoms with Crippen LogP contribution in [0, 0.1) is 24.1 Å². The highest BCUT2D eigenvalue weighted by molar-refractivity contribution is 7.90. The highest BCUT2D eigenvalue weighted by Crippen LogP contribution is 2.40. The third kappa shape index (κ3) is 4.45. The van der Waals surface area contributed by atoms with Crippen LogP contribution in [0.15, 0.2) is 59.5 Å². The van der Waals surface area contributed by atoms with Crippen LogP contribution in [0.5, 0.6) is 11.5 Å². The second-order valence-electron chi connectivity index (χ2n) is 7.78. The number of hydrogen-bond acceptors (Lipinski definition) is 6. The standard InChI is InChI=1S/C25H20FNO5S/c1-15-23-20(22(28)11-12-31-23)13-21(26)24(15)32-25(17-5-3-16(14-27)4-6-17)18-7-9-19(10-8-18)33(2,29)30/h3-10,13,25H,11-12H2,1-2H3/t25-/m1/s1. The van der Waals surface area contributed by atoms with Crippen molar-refractivity contribution < 1.29 is 27.1 Å². The Morgan fingerprint density at radius 3 is 2.27 bits per heavy atom. The second kappa shape index (κ2) is 8.68. The van der Waals surface area contributed by atoms with Gasteiger partial charge < -0.3 is 9.47 Å². The van der Waals surface area contributed by atoms with E-state index in [4.69, 9.17) is 14.7 Å². The SMILES string of the molecule is Cc1c(O[C@H](c2ccc(C#N)cc2)c2ccc(S(C)(=O)=O)cc2)c(F)cc2c1OCCC2=O. The quantitative estimate of drug-likeness (QED) is 0.549. The van der Waals surface area contributed by atoms with Gasteiger partial charge in [0.25, 0.3) is 0 Å². The summed E-state index contributed by atoms with van der Waals surface area (Å²) in [5, 5.41) is 9.10. The number of fused-ring (bicyclic) bond motifs is 1. The number of hydrogen-bond donors (Lipinski definition) is 0. The van der Waals surface area contributed by atoms with Crippen molar-refractivity contribution in [2.45, 2.75) is 24.3 Å². The van der Waals surface area contributed by atoms with Gasteiger partial charge in [0, 0.05) is 18.2 Å². The third-order valence-corrected chi connectivity index (χ3v) is 6.61. The van der Waals surface area contributed by atoms with Gasteiger partial charge in [-0.1, -0.05) is 24.3 Å². The zero-order valence-electron chi connectivity index (χ0n) is 18.0. The van der Waals surface area contributed by atoms with Crippen LogP contribution in [0.25, 0.3) is 0 Å². The largest absolute Gasteiger partial charge is 0.492 e. The third-order valence-electron chi connectivity index (χ3n) is 5.48. The second-order valence-corrected chi connectivity index (χ2v) is 9.80.